The van der Waals surface area contributed by atoms with E-state index in [1.807, 2.05) is 0 Å². The summed E-state index contributed by atoms with van der Waals surface area (Å²) in [5.41, 5.74) is 5.36. The fraction of sp³-hybridized carbons (Fsp3) is 0.925. The monoisotopic (exact) mass is 718 g/mol. The van der Waals surface area contributed by atoms with Crippen LogP contribution in [-0.2, 0) is 27.9 Å². The van der Waals surface area contributed by atoms with Gasteiger partial charge in [0.05, 0.1) is 19.8 Å². The van der Waals surface area contributed by atoms with Crippen LogP contribution in [0.4, 0.5) is 0 Å². The molecule has 49 heavy (non-hydrogen) atoms. The van der Waals surface area contributed by atoms with E-state index in [2.05, 4.69) is 26.0 Å². The molecule has 3 N–H and O–H groups in total. The van der Waals surface area contributed by atoms with E-state index in [1.165, 1.54) is 135 Å². The van der Waals surface area contributed by atoms with Crippen LogP contribution < -0.4 is 5.73 Å². The maximum absolute atomic E-state index is 12.5. The van der Waals surface area contributed by atoms with Crippen molar-refractivity contribution >= 4 is 13.8 Å². The Morgan fingerprint density at radius 3 is 1.49 bits per heavy atom. The van der Waals surface area contributed by atoms with Crippen LogP contribution in [0, 0.1) is 0 Å². The van der Waals surface area contributed by atoms with Gasteiger partial charge in [-0.05, 0) is 38.5 Å². The van der Waals surface area contributed by atoms with E-state index < -0.39 is 13.9 Å². The van der Waals surface area contributed by atoms with Crippen LogP contribution in [0.5, 0.6) is 0 Å². The third-order valence-electron chi connectivity index (χ3n) is 8.93. The van der Waals surface area contributed by atoms with Gasteiger partial charge < -0.3 is 20.1 Å². The molecular formula is C40H80NO7P. The van der Waals surface area contributed by atoms with Gasteiger partial charge in [-0.3, -0.25) is 13.8 Å². The third kappa shape index (κ3) is 38.3. The Morgan fingerprint density at radius 2 is 1.02 bits per heavy atom. The van der Waals surface area contributed by atoms with E-state index in [-0.39, 0.29) is 32.3 Å². The maximum Gasteiger partial charge on any atom is 0.472 e. The van der Waals surface area contributed by atoms with E-state index in [9.17, 15) is 14.3 Å². The van der Waals surface area contributed by atoms with Crippen LogP contribution >= 0.6 is 7.82 Å². The van der Waals surface area contributed by atoms with E-state index >= 15 is 0 Å². The molecule has 2 unspecified atom stereocenters. The van der Waals surface area contributed by atoms with Gasteiger partial charge in [-0.1, -0.05) is 167 Å². The largest absolute Gasteiger partial charge is 0.472 e. The van der Waals surface area contributed by atoms with Crippen molar-refractivity contribution < 1.29 is 32.8 Å². The first kappa shape index (κ1) is 48.2. The second-order valence-corrected chi connectivity index (χ2v) is 15.3. The molecule has 0 heterocycles. The highest BCUT2D eigenvalue weighted by Gasteiger charge is 2.25. The number of allylic oxidation sites excluding steroid dienone is 2. The van der Waals surface area contributed by atoms with Crippen LogP contribution in [0.25, 0.3) is 0 Å². The van der Waals surface area contributed by atoms with Crippen LogP contribution in [-0.4, -0.2) is 49.9 Å². The second kappa shape index (κ2) is 38.5. The zero-order valence-electron chi connectivity index (χ0n) is 32.2. The van der Waals surface area contributed by atoms with Crippen molar-refractivity contribution in [1.82, 2.24) is 0 Å². The quantitative estimate of drug-likeness (QED) is 0.0278. The number of phosphoric acid groups is 1. The molecule has 0 radical (unpaired) electrons. The fourth-order valence-corrected chi connectivity index (χ4v) is 6.64. The minimum atomic E-state index is -4.27. The Hall–Kier alpha value is -0.760. The number of carbonyl (C=O) groups excluding carboxylic acids is 1. The fourth-order valence-electron chi connectivity index (χ4n) is 5.87. The van der Waals surface area contributed by atoms with Gasteiger partial charge in [-0.15, -0.1) is 0 Å². The summed E-state index contributed by atoms with van der Waals surface area (Å²) in [4.78, 5) is 22.4. The van der Waals surface area contributed by atoms with Crippen LogP contribution in [0.2, 0.25) is 0 Å². The average Bonchev–Trinajstić information content (AvgIpc) is 3.09. The molecule has 292 valence electrons. The predicted octanol–water partition coefficient (Wildman–Crippen LogP) is 11.9. The summed E-state index contributed by atoms with van der Waals surface area (Å²) in [6, 6.07) is 0. The normalized spacial score (nSPS) is 13.6. The molecule has 0 bridgehead atoms. The summed E-state index contributed by atoms with van der Waals surface area (Å²) in [5.74, 6) is -0.336. The highest BCUT2D eigenvalue weighted by molar-refractivity contribution is 7.47. The van der Waals surface area contributed by atoms with Gasteiger partial charge in [0.1, 0.15) is 6.10 Å². The molecular weight excluding hydrogens is 637 g/mol. The van der Waals surface area contributed by atoms with E-state index in [0.717, 1.165) is 44.9 Å². The molecule has 2 atom stereocenters. The molecule has 0 spiro atoms. The Balaban J connectivity index is 4.04. The lowest BCUT2D eigenvalue weighted by Gasteiger charge is -2.20. The molecule has 0 aliphatic carbocycles. The summed E-state index contributed by atoms with van der Waals surface area (Å²) >= 11 is 0. The smallest absolute Gasteiger partial charge is 0.457 e. The lowest BCUT2D eigenvalue weighted by atomic mass is 10.0. The Labute approximate surface area is 303 Å². The van der Waals surface area contributed by atoms with Gasteiger partial charge >= 0.3 is 13.8 Å². The summed E-state index contributed by atoms with van der Waals surface area (Å²) in [6.45, 7) is 4.94. The van der Waals surface area contributed by atoms with Gasteiger partial charge in [0.25, 0.3) is 0 Å². The van der Waals surface area contributed by atoms with Crippen molar-refractivity contribution in [2.75, 3.05) is 33.0 Å². The first-order valence-corrected chi connectivity index (χ1v) is 22.2. The van der Waals surface area contributed by atoms with E-state index in [1.54, 1.807) is 0 Å². The van der Waals surface area contributed by atoms with Gasteiger partial charge in [0.15, 0.2) is 0 Å². The standard InChI is InChI=1S/C40H80NO7P/c1-3-5-7-9-11-13-15-17-19-21-23-25-27-29-31-33-40(42)48-39(38-47-49(43,44)46-36-34-41)37-45-35-32-30-28-26-24-22-20-18-16-14-12-10-8-6-4-2/h17,19,39H,3-16,18,20-38,41H2,1-2H3,(H,43,44)/b19-17-. The number of hydrogen-bond donors (Lipinski definition) is 2. The van der Waals surface area contributed by atoms with Crippen molar-refractivity contribution in [3.63, 3.8) is 0 Å². The Kier molecular flexibility index (Phi) is 37.9. The topological polar surface area (TPSA) is 117 Å². The molecule has 0 fully saturated rings. The molecule has 0 aromatic rings. The number of esters is 1. The number of hydrogen-bond acceptors (Lipinski definition) is 7. The maximum atomic E-state index is 12.5. The molecule has 0 amide bonds. The predicted molar refractivity (Wildman–Crippen MR) is 206 cm³/mol. The molecule has 0 saturated carbocycles. The summed E-state index contributed by atoms with van der Waals surface area (Å²) in [6.07, 6.45) is 39.3. The molecule has 0 aliphatic rings. The van der Waals surface area contributed by atoms with E-state index in [0.29, 0.717) is 13.0 Å². The second-order valence-electron chi connectivity index (χ2n) is 13.9. The molecule has 9 heteroatoms. The number of phosphoric ester groups is 1. The molecule has 0 aliphatic heterocycles. The first-order chi connectivity index (χ1) is 23.9. The number of ether oxygens (including phenoxy) is 2. The summed E-state index contributed by atoms with van der Waals surface area (Å²) in [7, 11) is -4.27. The lowest BCUT2D eigenvalue weighted by Crippen LogP contribution is -2.28. The van der Waals surface area contributed by atoms with Crippen LogP contribution in [0.3, 0.4) is 0 Å². The van der Waals surface area contributed by atoms with E-state index in [4.69, 9.17) is 24.3 Å². The van der Waals surface area contributed by atoms with Crippen molar-refractivity contribution in [2.45, 2.75) is 206 Å². The summed E-state index contributed by atoms with van der Waals surface area (Å²) in [5, 5.41) is 0. The van der Waals surface area contributed by atoms with Crippen LogP contribution in [0.15, 0.2) is 12.2 Å². The first-order valence-electron chi connectivity index (χ1n) is 20.7. The zero-order valence-corrected chi connectivity index (χ0v) is 33.1. The van der Waals surface area contributed by atoms with Crippen LogP contribution in [0.1, 0.15) is 200 Å². The van der Waals surface area contributed by atoms with Crippen molar-refractivity contribution in [1.29, 1.82) is 0 Å². The molecule has 0 rings (SSSR count). The third-order valence-corrected chi connectivity index (χ3v) is 9.92. The van der Waals surface area contributed by atoms with Gasteiger partial charge in [0.2, 0.25) is 0 Å². The van der Waals surface area contributed by atoms with Crippen molar-refractivity contribution in [3.05, 3.63) is 12.2 Å². The Bertz CT molecular complexity index is 767. The lowest BCUT2D eigenvalue weighted by molar-refractivity contribution is -0.154. The Morgan fingerprint density at radius 1 is 0.592 bits per heavy atom. The number of nitrogens with two attached hydrogens (primary N) is 1. The van der Waals surface area contributed by atoms with Gasteiger partial charge in [-0.25, -0.2) is 4.57 Å². The highest BCUT2D eigenvalue weighted by atomic mass is 31.2. The number of rotatable bonds is 40. The van der Waals surface area contributed by atoms with Crippen molar-refractivity contribution in [3.8, 4) is 0 Å². The zero-order chi connectivity index (χ0) is 35.9. The molecule has 0 aromatic carbocycles. The SMILES string of the molecule is CCCCCCCC/C=C\CCCCCCCC(=O)OC(COCCCCCCCCCCCCCCCCC)COP(=O)(O)OCCN. The molecule has 8 nitrogen and oxygen atoms in total. The van der Waals surface area contributed by atoms with Gasteiger partial charge in [0, 0.05) is 19.6 Å². The number of unbranched alkanes of at least 4 members (excludes halogenated alkanes) is 25. The van der Waals surface area contributed by atoms with Gasteiger partial charge in [-0.2, -0.15) is 0 Å². The minimum absolute atomic E-state index is 0.0938. The minimum Gasteiger partial charge on any atom is -0.457 e. The van der Waals surface area contributed by atoms with Crippen molar-refractivity contribution in [2.24, 2.45) is 5.73 Å². The molecule has 0 aromatic heterocycles. The molecule has 0 saturated heterocycles. The number of carbonyl (C=O) groups is 1. The summed E-state index contributed by atoms with van der Waals surface area (Å²) < 4.78 is 33.4. The average molecular weight is 718 g/mol. The highest BCUT2D eigenvalue weighted by Crippen LogP contribution is 2.43.